The molecular formula is C23H24FNO5S. The Kier molecular flexibility index (Phi) is 6.70. The molecule has 3 aromatic carbocycles. The Hall–Kier alpha value is -3.26. The van der Waals surface area contributed by atoms with Gasteiger partial charge in [0.1, 0.15) is 11.6 Å². The van der Waals surface area contributed by atoms with Crippen molar-refractivity contribution in [2.75, 3.05) is 25.6 Å². The van der Waals surface area contributed by atoms with Crippen LogP contribution in [0.5, 0.6) is 17.2 Å². The fraction of sp³-hybridized carbons (Fsp3) is 0.217. The Morgan fingerprint density at radius 3 is 2.13 bits per heavy atom. The molecule has 31 heavy (non-hydrogen) atoms. The van der Waals surface area contributed by atoms with Gasteiger partial charge < -0.3 is 14.2 Å². The second kappa shape index (κ2) is 9.26. The lowest BCUT2D eigenvalue weighted by molar-refractivity contribution is 0.355. The lowest BCUT2D eigenvalue weighted by atomic mass is 10.2. The number of aryl methyl sites for hydroxylation is 1. The molecule has 3 rings (SSSR count). The van der Waals surface area contributed by atoms with Crippen LogP contribution in [0, 0.1) is 12.7 Å². The van der Waals surface area contributed by atoms with E-state index in [2.05, 4.69) is 0 Å². The summed E-state index contributed by atoms with van der Waals surface area (Å²) in [5.41, 5.74) is 1.53. The van der Waals surface area contributed by atoms with Gasteiger partial charge in [0.05, 0.1) is 38.5 Å². The summed E-state index contributed by atoms with van der Waals surface area (Å²) >= 11 is 0. The highest BCUT2D eigenvalue weighted by atomic mass is 32.2. The van der Waals surface area contributed by atoms with E-state index in [0.717, 1.165) is 11.6 Å². The Morgan fingerprint density at radius 2 is 1.52 bits per heavy atom. The number of hydrogen-bond acceptors (Lipinski definition) is 5. The second-order valence-electron chi connectivity index (χ2n) is 6.81. The Morgan fingerprint density at radius 1 is 0.839 bits per heavy atom. The average molecular weight is 446 g/mol. The van der Waals surface area contributed by atoms with Gasteiger partial charge >= 0.3 is 0 Å². The third-order valence-corrected chi connectivity index (χ3v) is 6.77. The molecule has 164 valence electrons. The molecular weight excluding hydrogens is 421 g/mol. The first-order valence-corrected chi connectivity index (χ1v) is 10.9. The second-order valence-corrected chi connectivity index (χ2v) is 8.64. The lowest BCUT2D eigenvalue weighted by Crippen LogP contribution is -2.31. The van der Waals surface area contributed by atoms with Crippen molar-refractivity contribution < 1.29 is 27.0 Å². The summed E-state index contributed by atoms with van der Waals surface area (Å²) in [6.07, 6.45) is 0. The van der Waals surface area contributed by atoms with Gasteiger partial charge in [0.2, 0.25) is 0 Å². The predicted molar refractivity (Wildman–Crippen MR) is 117 cm³/mol. The van der Waals surface area contributed by atoms with Crippen LogP contribution in [0.25, 0.3) is 0 Å². The Labute approximate surface area is 181 Å². The molecule has 8 heteroatoms. The predicted octanol–water partition coefficient (Wildman–Crippen LogP) is 4.56. The summed E-state index contributed by atoms with van der Waals surface area (Å²) in [6, 6.07) is 15.6. The van der Waals surface area contributed by atoms with Gasteiger partial charge in [-0.05, 0) is 54.4 Å². The topological polar surface area (TPSA) is 65.1 Å². The number of hydrogen-bond donors (Lipinski definition) is 0. The summed E-state index contributed by atoms with van der Waals surface area (Å²) in [5.74, 6) is 0.881. The zero-order valence-corrected chi connectivity index (χ0v) is 18.6. The molecule has 0 radical (unpaired) electrons. The summed E-state index contributed by atoms with van der Waals surface area (Å²) in [6.45, 7) is 1.66. The highest BCUT2D eigenvalue weighted by Crippen LogP contribution is 2.35. The van der Waals surface area contributed by atoms with Gasteiger partial charge in [0.25, 0.3) is 10.0 Å². The van der Waals surface area contributed by atoms with Crippen molar-refractivity contribution in [3.8, 4) is 17.2 Å². The maximum absolute atomic E-state index is 13.9. The first kappa shape index (κ1) is 22.4. The average Bonchev–Trinajstić information content (AvgIpc) is 2.78. The van der Waals surface area contributed by atoms with Crippen molar-refractivity contribution in [1.29, 1.82) is 0 Å². The van der Waals surface area contributed by atoms with Gasteiger partial charge in [0.15, 0.2) is 11.5 Å². The molecule has 0 aliphatic carbocycles. The lowest BCUT2D eigenvalue weighted by Gasteiger charge is -2.26. The van der Waals surface area contributed by atoms with Gasteiger partial charge in [-0.3, -0.25) is 4.31 Å². The van der Waals surface area contributed by atoms with E-state index < -0.39 is 15.8 Å². The van der Waals surface area contributed by atoms with Gasteiger partial charge in [-0.15, -0.1) is 0 Å². The van der Waals surface area contributed by atoms with E-state index in [9.17, 15) is 12.8 Å². The van der Waals surface area contributed by atoms with Crippen LogP contribution >= 0.6 is 0 Å². The molecule has 0 saturated heterocycles. The molecule has 0 atom stereocenters. The van der Waals surface area contributed by atoms with Crippen molar-refractivity contribution in [2.24, 2.45) is 0 Å². The minimum absolute atomic E-state index is 0.0256. The number of halogens is 1. The van der Waals surface area contributed by atoms with Crippen LogP contribution in [0.1, 0.15) is 11.1 Å². The molecule has 3 aromatic rings. The van der Waals surface area contributed by atoms with Crippen molar-refractivity contribution in [3.63, 3.8) is 0 Å². The normalized spacial score (nSPS) is 11.1. The molecule has 0 heterocycles. The Bertz CT molecular complexity index is 1160. The molecule has 0 aliphatic rings. The standard InChI is InChI=1S/C23H24FNO5S/c1-16-5-8-18(24)13-23(16)31(26,27)25(15-17-6-10-20(28-2)11-7-17)19-9-12-21(29-3)22(14-19)30-4/h5-14H,15H2,1-4H3. The van der Waals surface area contributed by atoms with Gasteiger partial charge in [-0.2, -0.15) is 0 Å². The zero-order valence-electron chi connectivity index (χ0n) is 17.8. The maximum Gasteiger partial charge on any atom is 0.264 e. The largest absolute Gasteiger partial charge is 0.497 e. The summed E-state index contributed by atoms with van der Waals surface area (Å²) in [5, 5.41) is 0. The van der Waals surface area contributed by atoms with Crippen LogP contribution < -0.4 is 18.5 Å². The number of ether oxygens (including phenoxy) is 3. The first-order valence-electron chi connectivity index (χ1n) is 9.44. The van der Waals surface area contributed by atoms with Crippen molar-refractivity contribution in [1.82, 2.24) is 0 Å². The highest BCUT2D eigenvalue weighted by Gasteiger charge is 2.28. The minimum atomic E-state index is -4.10. The van der Waals surface area contributed by atoms with Crippen LogP contribution in [0.15, 0.2) is 65.6 Å². The molecule has 0 amide bonds. The van der Waals surface area contributed by atoms with Gasteiger partial charge in [0, 0.05) is 6.07 Å². The van der Waals surface area contributed by atoms with Crippen LogP contribution in [0.4, 0.5) is 10.1 Å². The maximum atomic E-state index is 13.9. The quantitative estimate of drug-likeness (QED) is 0.509. The van der Waals surface area contributed by atoms with E-state index in [4.69, 9.17) is 14.2 Å². The van der Waals surface area contributed by atoms with E-state index in [1.807, 2.05) is 0 Å². The van der Waals surface area contributed by atoms with E-state index in [1.165, 1.54) is 30.7 Å². The molecule has 6 nitrogen and oxygen atoms in total. The van der Waals surface area contributed by atoms with E-state index >= 15 is 0 Å². The number of nitrogens with zero attached hydrogens (tertiary/aromatic N) is 1. The van der Waals surface area contributed by atoms with Gasteiger partial charge in [-0.25, -0.2) is 12.8 Å². The van der Waals surface area contributed by atoms with Crippen LogP contribution in [0.2, 0.25) is 0 Å². The van der Waals surface area contributed by atoms with Crippen LogP contribution in [-0.2, 0) is 16.6 Å². The molecule has 0 saturated carbocycles. The third-order valence-electron chi connectivity index (χ3n) is 4.86. The molecule has 0 aromatic heterocycles. The third kappa shape index (κ3) is 4.74. The smallest absolute Gasteiger partial charge is 0.264 e. The summed E-state index contributed by atoms with van der Waals surface area (Å²) in [4.78, 5) is -0.101. The van der Waals surface area contributed by atoms with Crippen molar-refractivity contribution in [2.45, 2.75) is 18.4 Å². The molecule has 0 spiro atoms. The molecule has 0 fully saturated rings. The van der Waals surface area contributed by atoms with Crippen molar-refractivity contribution >= 4 is 15.7 Å². The number of benzene rings is 3. The molecule has 0 N–H and O–H groups in total. The molecule has 0 bridgehead atoms. The van der Waals surface area contributed by atoms with Crippen LogP contribution in [0.3, 0.4) is 0 Å². The fourth-order valence-electron chi connectivity index (χ4n) is 3.16. The van der Waals surface area contributed by atoms with Crippen LogP contribution in [-0.4, -0.2) is 29.7 Å². The Balaban J connectivity index is 2.14. The first-order chi connectivity index (χ1) is 14.8. The van der Waals surface area contributed by atoms with Gasteiger partial charge in [-0.1, -0.05) is 18.2 Å². The molecule has 0 unspecified atom stereocenters. The SMILES string of the molecule is COc1ccc(CN(c2ccc(OC)c(OC)c2)S(=O)(=O)c2cc(F)ccc2C)cc1. The van der Waals surface area contributed by atoms with E-state index in [1.54, 1.807) is 56.5 Å². The number of methoxy groups -OCH3 is 3. The zero-order chi connectivity index (χ0) is 22.6. The minimum Gasteiger partial charge on any atom is -0.497 e. The summed E-state index contributed by atoms with van der Waals surface area (Å²) in [7, 11) is 0.430. The monoisotopic (exact) mass is 445 g/mol. The number of rotatable bonds is 8. The molecule has 0 aliphatic heterocycles. The fourth-order valence-corrected chi connectivity index (χ4v) is 4.85. The number of anilines is 1. The summed E-state index contributed by atoms with van der Waals surface area (Å²) < 4.78 is 58.2. The van der Waals surface area contributed by atoms with Crippen molar-refractivity contribution in [3.05, 3.63) is 77.6 Å². The number of sulfonamides is 1. The van der Waals surface area contributed by atoms with E-state index in [-0.39, 0.29) is 11.4 Å². The van der Waals surface area contributed by atoms with E-state index in [0.29, 0.717) is 28.5 Å². The highest BCUT2D eigenvalue weighted by molar-refractivity contribution is 7.92.